The number of nitrogens with one attached hydrogen (secondary N) is 2. The highest BCUT2D eigenvalue weighted by Crippen LogP contribution is 2.30. The number of phenols is 1. The van der Waals surface area contributed by atoms with Crippen LogP contribution in [0.5, 0.6) is 17.2 Å². The average Bonchev–Trinajstić information content (AvgIpc) is 2.67. The van der Waals surface area contributed by atoms with E-state index in [1.54, 1.807) is 19.2 Å². The lowest BCUT2D eigenvalue weighted by atomic mass is 10.1. The topological polar surface area (TPSA) is 75.1 Å². The predicted molar refractivity (Wildman–Crippen MR) is 110 cm³/mol. The lowest BCUT2D eigenvalue weighted by Gasteiger charge is -2.14. The Balaban J connectivity index is 1.96. The van der Waals surface area contributed by atoms with Crippen LogP contribution in [0.4, 0.5) is 5.69 Å². The van der Waals surface area contributed by atoms with Crippen LogP contribution in [0.25, 0.3) is 0 Å². The molecule has 0 atom stereocenters. The summed E-state index contributed by atoms with van der Waals surface area (Å²) < 4.78 is 10.9. The van der Waals surface area contributed by atoms with Gasteiger partial charge in [-0.05, 0) is 56.5 Å². The fraction of sp³-hybridized carbons (Fsp3) is 0.381. The van der Waals surface area contributed by atoms with Gasteiger partial charge in [-0.25, -0.2) is 0 Å². The van der Waals surface area contributed by atoms with E-state index in [0.29, 0.717) is 30.4 Å². The number of ether oxygens (including phenoxy) is 2. The highest BCUT2D eigenvalue weighted by atomic mass is 16.5. The van der Waals surface area contributed by atoms with E-state index in [4.69, 9.17) is 9.47 Å². The molecule has 0 aromatic heterocycles. The number of aryl methyl sites for hydroxylation is 1. The minimum absolute atomic E-state index is 0.293. The van der Waals surface area contributed by atoms with Gasteiger partial charge in [0.1, 0.15) is 5.75 Å². The van der Waals surface area contributed by atoms with Crippen molar-refractivity contribution in [2.45, 2.75) is 26.7 Å². The fourth-order valence-electron chi connectivity index (χ4n) is 2.60. The molecule has 0 bridgehead atoms. The number of phenolic OH excluding ortho intramolecular Hbond substituents is 1. The summed E-state index contributed by atoms with van der Waals surface area (Å²) in [5.74, 6) is 2.43. The van der Waals surface area contributed by atoms with Crippen molar-refractivity contribution in [3.8, 4) is 17.2 Å². The molecule has 0 unspecified atom stereocenters. The molecule has 6 nitrogen and oxygen atoms in total. The van der Waals surface area contributed by atoms with Crippen molar-refractivity contribution in [3.05, 3.63) is 48.0 Å². The SMILES string of the molecule is CCNC(=NCCCc1ccc(O)cc1)Nc1ccc(OC)c(OCC)c1. The molecular formula is C21H29N3O3. The Hall–Kier alpha value is -2.89. The Kier molecular flexibility index (Phi) is 8.29. The first-order chi connectivity index (χ1) is 13.2. The summed E-state index contributed by atoms with van der Waals surface area (Å²) in [6, 6.07) is 13.0. The zero-order valence-corrected chi connectivity index (χ0v) is 16.3. The quantitative estimate of drug-likeness (QED) is 0.355. The van der Waals surface area contributed by atoms with Gasteiger partial charge in [0.05, 0.1) is 13.7 Å². The van der Waals surface area contributed by atoms with Crippen LogP contribution in [0.15, 0.2) is 47.5 Å². The molecule has 6 heteroatoms. The lowest BCUT2D eigenvalue weighted by Crippen LogP contribution is -2.30. The van der Waals surface area contributed by atoms with Gasteiger partial charge in [0.15, 0.2) is 17.5 Å². The smallest absolute Gasteiger partial charge is 0.195 e. The summed E-state index contributed by atoms with van der Waals surface area (Å²) in [6.07, 6.45) is 1.84. The summed E-state index contributed by atoms with van der Waals surface area (Å²) in [5.41, 5.74) is 2.08. The van der Waals surface area contributed by atoms with E-state index in [0.717, 1.165) is 31.0 Å². The number of methoxy groups -OCH3 is 1. The van der Waals surface area contributed by atoms with Crippen molar-refractivity contribution < 1.29 is 14.6 Å². The number of aromatic hydroxyl groups is 1. The van der Waals surface area contributed by atoms with Crippen LogP contribution in [-0.4, -0.2) is 37.9 Å². The number of rotatable bonds is 9. The Bertz CT molecular complexity index is 730. The van der Waals surface area contributed by atoms with Crippen LogP contribution < -0.4 is 20.1 Å². The summed E-state index contributed by atoms with van der Waals surface area (Å²) >= 11 is 0. The summed E-state index contributed by atoms with van der Waals surface area (Å²) in [6.45, 7) is 6.03. The Morgan fingerprint density at radius 2 is 1.85 bits per heavy atom. The third-order valence-corrected chi connectivity index (χ3v) is 3.90. The molecule has 0 aliphatic carbocycles. The van der Waals surface area contributed by atoms with Crippen molar-refractivity contribution in [2.75, 3.05) is 32.1 Å². The Morgan fingerprint density at radius 1 is 1.07 bits per heavy atom. The summed E-state index contributed by atoms with van der Waals surface area (Å²) in [7, 11) is 1.63. The molecule has 0 saturated heterocycles. The lowest BCUT2D eigenvalue weighted by molar-refractivity contribution is 0.311. The maximum absolute atomic E-state index is 9.33. The first-order valence-corrected chi connectivity index (χ1v) is 9.30. The minimum atomic E-state index is 0.293. The van der Waals surface area contributed by atoms with Gasteiger partial charge < -0.3 is 25.2 Å². The number of aliphatic imine (C=N–C) groups is 1. The third-order valence-electron chi connectivity index (χ3n) is 3.90. The normalized spacial score (nSPS) is 11.1. The molecule has 0 aliphatic rings. The molecule has 0 spiro atoms. The number of benzene rings is 2. The molecule has 146 valence electrons. The van der Waals surface area contributed by atoms with Crippen LogP contribution in [0, 0.1) is 0 Å². The molecule has 2 aromatic rings. The van der Waals surface area contributed by atoms with E-state index < -0.39 is 0 Å². The molecule has 2 aromatic carbocycles. The first-order valence-electron chi connectivity index (χ1n) is 9.30. The molecule has 0 heterocycles. The van der Waals surface area contributed by atoms with Gasteiger partial charge in [0.2, 0.25) is 0 Å². The van der Waals surface area contributed by atoms with Crippen molar-refractivity contribution in [2.24, 2.45) is 4.99 Å². The summed E-state index contributed by atoms with van der Waals surface area (Å²) in [4.78, 5) is 4.63. The van der Waals surface area contributed by atoms with Crippen LogP contribution in [0.2, 0.25) is 0 Å². The molecule has 0 amide bonds. The van der Waals surface area contributed by atoms with Gasteiger partial charge in [0, 0.05) is 24.8 Å². The molecule has 0 aliphatic heterocycles. The molecule has 3 N–H and O–H groups in total. The second-order valence-corrected chi connectivity index (χ2v) is 5.95. The number of guanidine groups is 1. The number of hydrogen-bond acceptors (Lipinski definition) is 4. The number of nitrogens with zero attached hydrogens (tertiary/aromatic N) is 1. The molecule has 0 saturated carbocycles. The van der Waals surface area contributed by atoms with E-state index in [9.17, 15) is 5.11 Å². The third kappa shape index (κ3) is 6.73. The predicted octanol–water partition coefficient (Wildman–Crippen LogP) is 3.81. The zero-order valence-electron chi connectivity index (χ0n) is 16.3. The fourth-order valence-corrected chi connectivity index (χ4v) is 2.60. The van der Waals surface area contributed by atoms with Gasteiger partial charge >= 0.3 is 0 Å². The average molecular weight is 371 g/mol. The van der Waals surface area contributed by atoms with Crippen LogP contribution in [-0.2, 0) is 6.42 Å². The van der Waals surface area contributed by atoms with Crippen molar-refractivity contribution in [1.29, 1.82) is 0 Å². The van der Waals surface area contributed by atoms with Crippen molar-refractivity contribution in [1.82, 2.24) is 5.32 Å². The van der Waals surface area contributed by atoms with Crippen LogP contribution in [0.3, 0.4) is 0 Å². The van der Waals surface area contributed by atoms with Gasteiger partial charge in [-0.1, -0.05) is 12.1 Å². The molecule has 0 radical (unpaired) electrons. The van der Waals surface area contributed by atoms with E-state index >= 15 is 0 Å². The van der Waals surface area contributed by atoms with E-state index in [1.807, 2.05) is 44.2 Å². The van der Waals surface area contributed by atoms with Crippen molar-refractivity contribution >= 4 is 11.6 Å². The molecule has 2 rings (SSSR count). The van der Waals surface area contributed by atoms with Gasteiger partial charge in [-0.2, -0.15) is 0 Å². The Morgan fingerprint density at radius 3 is 2.52 bits per heavy atom. The van der Waals surface area contributed by atoms with E-state index in [-0.39, 0.29) is 0 Å². The minimum Gasteiger partial charge on any atom is -0.508 e. The standard InChI is InChI=1S/C21H29N3O3/c1-4-22-21(23-14-6-7-16-8-11-18(25)12-9-16)24-17-10-13-19(26-3)20(15-17)27-5-2/h8-13,15,25H,4-7,14H2,1-3H3,(H2,22,23,24). The summed E-state index contributed by atoms with van der Waals surface area (Å²) in [5, 5.41) is 15.9. The largest absolute Gasteiger partial charge is 0.508 e. The number of hydrogen-bond donors (Lipinski definition) is 3. The highest BCUT2D eigenvalue weighted by molar-refractivity contribution is 5.93. The maximum Gasteiger partial charge on any atom is 0.195 e. The molecular weight excluding hydrogens is 342 g/mol. The second kappa shape index (κ2) is 11.0. The van der Waals surface area contributed by atoms with Crippen LogP contribution in [0.1, 0.15) is 25.8 Å². The van der Waals surface area contributed by atoms with Gasteiger partial charge in [0.25, 0.3) is 0 Å². The monoisotopic (exact) mass is 371 g/mol. The van der Waals surface area contributed by atoms with Crippen molar-refractivity contribution in [3.63, 3.8) is 0 Å². The van der Waals surface area contributed by atoms with Gasteiger partial charge in [-0.3, -0.25) is 4.99 Å². The zero-order chi connectivity index (χ0) is 19.5. The van der Waals surface area contributed by atoms with Gasteiger partial charge in [-0.15, -0.1) is 0 Å². The molecule has 0 fully saturated rings. The number of anilines is 1. The van der Waals surface area contributed by atoms with E-state index in [1.165, 1.54) is 5.56 Å². The first kappa shape index (κ1) is 20.4. The maximum atomic E-state index is 9.33. The second-order valence-electron chi connectivity index (χ2n) is 5.95. The molecule has 27 heavy (non-hydrogen) atoms. The Labute approximate surface area is 161 Å². The highest BCUT2D eigenvalue weighted by Gasteiger charge is 2.07. The van der Waals surface area contributed by atoms with Crippen LogP contribution >= 0.6 is 0 Å². The van der Waals surface area contributed by atoms with E-state index in [2.05, 4.69) is 15.6 Å².